The molecule has 0 aromatic carbocycles. The maximum absolute atomic E-state index is 4.69. The van der Waals surface area contributed by atoms with E-state index in [-0.39, 0.29) is 5.41 Å². The van der Waals surface area contributed by atoms with E-state index in [9.17, 15) is 0 Å². The van der Waals surface area contributed by atoms with E-state index < -0.39 is 0 Å². The Hall–Kier alpha value is 0.330. The van der Waals surface area contributed by atoms with Gasteiger partial charge >= 0.3 is 0 Å². The fourth-order valence-corrected chi connectivity index (χ4v) is 3.46. The highest BCUT2D eigenvalue weighted by Gasteiger charge is 2.22. The first-order valence-corrected chi connectivity index (χ1v) is 7.42. The van der Waals surface area contributed by atoms with Crippen LogP contribution >= 0.6 is 35.7 Å². The summed E-state index contributed by atoms with van der Waals surface area (Å²) in [4.78, 5) is 6.01. The summed E-state index contributed by atoms with van der Waals surface area (Å²) >= 11 is 7.98. The minimum atomic E-state index is 0.144. The summed E-state index contributed by atoms with van der Waals surface area (Å²) in [5.41, 5.74) is 1.37. The molecule has 4 heteroatoms. The smallest absolute Gasteiger partial charge is 0.103 e. The van der Waals surface area contributed by atoms with E-state index in [0.29, 0.717) is 0 Å². The number of thiazole rings is 1. The van der Waals surface area contributed by atoms with Crippen molar-refractivity contribution in [3.8, 4) is 0 Å². The van der Waals surface area contributed by atoms with Gasteiger partial charge in [0.2, 0.25) is 0 Å². The van der Waals surface area contributed by atoms with Crippen molar-refractivity contribution < 1.29 is 0 Å². The Morgan fingerprint density at radius 3 is 2.43 bits per heavy atom. The summed E-state index contributed by atoms with van der Waals surface area (Å²) in [6.07, 6.45) is 2.11. The van der Waals surface area contributed by atoms with Crippen LogP contribution < -0.4 is 0 Å². The highest BCUT2D eigenvalue weighted by molar-refractivity contribution is 7.97. The first-order valence-electron chi connectivity index (χ1n) is 4.58. The van der Waals surface area contributed by atoms with Gasteiger partial charge in [0.15, 0.2) is 0 Å². The summed E-state index contributed by atoms with van der Waals surface area (Å²) in [5, 5.41) is 1.23. The number of thiol groups is 1. The van der Waals surface area contributed by atoms with Crippen LogP contribution in [0.5, 0.6) is 0 Å². The number of hydrogen-bond acceptors (Lipinski definition) is 4. The van der Waals surface area contributed by atoms with Crippen molar-refractivity contribution in [3.63, 3.8) is 0 Å². The van der Waals surface area contributed by atoms with Crippen LogP contribution in [-0.2, 0) is 16.9 Å². The van der Waals surface area contributed by atoms with Gasteiger partial charge in [-0.25, -0.2) is 4.98 Å². The van der Waals surface area contributed by atoms with E-state index in [1.807, 2.05) is 11.8 Å². The number of aromatic nitrogens is 1. The predicted molar refractivity (Wildman–Crippen MR) is 70.7 cm³/mol. The molecule has 0 unspecified atom stereocenters. The molecule has 1 heterocycles. The average Bonchev–Trinajstić information content (AvgIpc) is 2.47. The van der Waals surface area contributed by atoms with E-state index >= 15 is 0 Å². The molecule has 0 fully saturated rings. The maximum Gasteiger partial charge on any atom is 0.103 e. The molecule has 1 rings (SSSR count). The van der Waals surface area contributed by atoms with Crippen LogP contribution in [0.3, 0.4) is 0 Å². The third kappa shape index (κ3) is 2.91. The lowest BCUT2D eigenvalue weighted by Crippen LogP contribution is -2.13. The van der Waals surface area contributed by atoms with Crippen molar-refractivity contribution in [1.29, 1.82) is 0 Å². The molecule has 0 aliphatic carbocycles. The lowest BCUT2D eigenvalue weighted by Gasteiger charge is -2.16. The second kappa shape index (κ2) is 4.90. The Morgan fingerprint density at radius 1 is 1.43 bits per heavy atom. The molecule has 0 aliphatic rings. The molecule has 0 bridgehead atoms. The third-order valence-corrected chi connectivity index (χ3v) is 4.19. The monoisotopic (exact) mass is 247 g/mol. The van der Waals surface area contributed by atoms with Gasteiger partial charge in [0.05, 0.1) is 5.69 Å². The molecule has 0 saturated heterocycles. The maximum atomic E-state index is 4.69. The zero-order valence-electron chi connectivity index (χ0n) is 9.13. The molecule has 0 atom stereocenters. The molecule has 0 N–H and O–H groups in total. The van der Waals surface area contributed by atoms with Crippen LogP contribution in [0, 0.1) is 0 Å². The lowest BCUT2D eigenvalue weighted by atomic mass is 9.91. The molecular weight excluding hydrogens is 230 g/mol. The minimum Gasteiger partial charge on any atom is -0.245 e. The summed E-state index contributed by atoms with van der Waals surface area (Å²) in [5.74, 6) is 1.82. The van der Waals surface area contributed by atoms with E-state index in [2.05, 4.69) is 39.7 Å². The van der Waals surface area contributed by atoms with Crippen molar-refractivity contribution in [3.05, 3.63) is 15.6 Å². The highest BCUT2D eigenvalue weighted by atomic mass is 32.2. The molecule has 0 saturated carbocycles. The Kier molecular flexibility index (Phi) is 4.34. The number of thioether (sulfide) groups is 1. The summed E-state index contributed by atoms with van der Waals surface area (Å²) in [7, 11) is 0. The normalized spacial score (nSPS) is 12.1. The van der Waals surface area contributed by atoms with Gasteiger partial charge in [0.25, 0.3) is 0 Å². The molecule has 1 nitrogen and oxygen atoms in total. The number of nitrogens with zero attached hydrogens (tertiary/aromatic N) is 1. The minimum absolute atomic E-state index is 0.144. The average molecular weight is 247 g/mol. The lowest BCUT2D eigenvalue weighted by molar-refractivity contribution is 0.567. The van der Waals surface area contributed by atoms with Crippen molar-refractivity contribution in [1.82, 2.24) is 4.98 Å². The van der Waals surface area contributed by atoms with E-state index in [0.717, 1.165) is 11.5 Å². The molecule has 0 spiro atoms. The third-order valence-electron chi connectivity index (χ3n) is 1.86. The van der Waals surface area contributed by atoms with Crippen molar-refractivity contribution >= 4 is 35.7 Å². The number of rotatable bonds is 3. The molecule has 0 amide bonds. The summed E-state index contributed by atoms with van der Waals surface area (Å²) < 4.78 is 0. The molecule has 0 aliphatic heterocycles. The zero-order valence-corrected chi connectivity index (χ0v) is 11.7. The largest absolute Gasteiger partial charge is 0.245 e. The van der Waals surface area contributed by atoms with Crippen LogP contribution in [0.1, 0.15) is 36.3 Å². The van der Waals surface area contributed by atoms with Gasteiger partial charge in [-0.15, -0.1) is 11.3 Å². The van der Waals surface area contributed by atoms with Crippen LogP contribution in [0.2, 0.25) is 0 Å². The first-order chi connectivity index (χ1) is 6.49. The molecule has 80 valence electrons. The van der Waals surface area contributed by atoms with Crippen molar-refractivity contribution in [2.24, 2.45) is 0 Å². The molecular formula is C10H17NS3. The van der Waals surface area contributed by atoms with Gasteiger partial charge in [-0.3, -0.25) is 0 Å². The fourth-order valence-electron chi connectivity index (χ4n) is 1.28. The van der Waals surface area contributed by atoms with Gasteiger partial charge in [-0.05, 0) is 6.26 Å². The Balaban J connectivity index is 3.02. The van der Waals surface area contributed by atoms with Gasteiger partial charge in [0, 0.05) is 21.8 Å². The first kappa shape index (κ1) is 12.4. The van der Waals surface area contributed by atoms with E-state index in [1.54, 1.807) is 11.3 Å². The Bertz CT molecular complexity index is 299. The highest BCUT2D eigenvalue weighted by Crippen LogP contribution is 2.31. The van der Waals surface area contributed by atoms with Crippen LogP contribution in [0.4, 0.5) is 0 Å². The quantitative estimate of drug-likeness (QED) is 0.817. The molecule has 1 aromatic heterocycles. The fraction of sp³-hybridized carbons (Fsp3) is 0.700. The second-order valence-corrected chi connectivity index (χ2v) is 6.57. The Labute approximate surface area is 100 Å². The van der Waals surface area contributed by atoms with Crippen LogP contribution in [0.25, 0.3) is 0 Å². The summed E-state index contributed by atoms with van der Waals surface area (Å²) in [6.45, 7) is 6.62. The summed E-state index contributed by atoms with van der Waals surface area (Å²) in [6, 6.07) is 0. The zero-order chi connectivity index (χ0) is 10.8. The topological polar surface area (TPSA) is 12.9 Å². The van der Waals surface area contributed by atoms with Gasteiger partial charge in [-0.1, -0.05) is 20.8 Å². The van der Waals surface area contributed by atoms with Crippen molar-refractivity contribution in [2.45, 2.75) is 37.7 Å². The SMILES string of the molecule is CSCc1nc(C(C)(C)C)c(CS)s1. The van der Waals surface area contributed by atoms with Gasteiger partial charge < -0.3 is 0 Å². The second-order valence-electron chi connectivity index (χ2n) is 4.22. The van der Waals surface area contributed by atoms with Crippen LogP contribution in [-0.4, -0.2) is 11.2 Å². The van der Waals surface area contributed by atoms with Crippen molar-refractivity contribution in [2.75, 3.05) is 6.26 Å². The standard InChI is InChI=1S/C10H17NS3/c1-10(2,3)9-7(5-12)14-8(11-9)6-13-4/h12H,5-6H2,1-4H3. The molecule has 1 aromatic rings. The van der Waals surface area contributed by atoms with E-state index in [1.165, 1.54) is 15.6 Å². The Morgan fingerprint density at radius 2 is 2.07 bits per heavy atom. The van der Waals surface area contributed by atoms with Gasteiger partial charge in [-0.2, -0.15) is 24.4 Å². The van der Waals surface area contributed by atoms with E-state index in [4.69, 9.17) is 4.98 Å². The van der Waals surface area contributed by atoms with Crippen LogP contribution in [0.15, 0.2) is 0 Å². The molecule has 14 heavy (non-hydrogen) atoms. The number of hydrogen-bond donors (Lipinski definition) is 1. The molecule has 0 radical (unpaired) electrons. The predicted octanol–water partition coefficient (Wildman–Crippen LogP) is 3.73. The van der Waals surface area contributed by atoms with Gasteiger partial charge in [0.1, 0.15) is 5.01 Å².